The molecule has 0 aromatic heterocycles. The summed E-state index contributed by atoms with van der Waals surface area (Å²) in [7, 11) is 0. The normalized spacial score (nSPS) is 35.2. The largest absolute Gasteiger partial charge is 0.477 e. The summed E-state index contributed by atoms with van der Waals surface area (Å²) in [6, 6.07) is -6.99. The number of carboxylic acids is 3. The fourth-order valence-corrected chi connectivity index (χ4v) is 20.4. The molecule has 866 valence electrons. The average molecular weight is 2160 g/mol. The van der Waals surface area contributed by atoms with Gasteiger partial charge in [-0.1, -0.05) is 200 Å². The Bertz CT molecular complexity index is 3900. The number of unbranched alkanes of at least 4 members (excludes halogenated alkanes) is 28. The van der Waals surface area contributed by atoms with E-state index in [1.54, 1.807) is 0 Å². The molecule has 7 saturated heterocycles. The van der Waals surface area contributed by atoms with Crippen LogP contribution in [0.15, 0.2) is 0 Å². The molecule has 0 radical (unpaired) electrons. The number of aliphatic hydroxyl groups is 22. The van der Waals surface area contributed by atoms with E-state index in [2.05, 4.69) is 35.1 Å². The number of hydrogen-bond donors (Lipinski definition) is 29. The first-order valence-electron chi connectivity index (χ1n) is 52.9. The lowest BCUT2D eigenvalue weighted by atomic mass is 9.86. The molecule has 0 spiro atoms. The summed E-state index contributed by atoms with van der Waals surface area (Å²) >= 11 is 0. The predicted octanol–water partition coefficient (Wildman–Crippen LogP) is -4.60. The van der Waals surface area contributed by atoms with Gasteiger partial charge in [-0.05, 0) is 19.8 Å². The summed E-state index contributed by atoms with van der Waals surface area (Å²) in [5.41, 5.74) is 0. The summed E-state index contributed by atoms with van der Waals surface area (Å²) in [4.78, 5) is 108. The highest BCUT2D eigenvalue weighted by molar-refractivity contribution is 5.79. The van der Waals surface area contributed by atoms with Gasteiger partial charge < -0.3 is 220 Å². The van der Waals surface area contributed by atoms with Crippen LogP contribution in [-0.2, 0) is 105 Å². The highest BCUT2D eigenvalue weighted by Crippen LogP contribution is 2.46. The van der Waals surface area contributed by atoms with Crippen molar-refractivity contribution in [3.8, 4) is 0 Å². The zero-order valence-electron chi connectivity index (χ0n) is 86.1. The minimum Gasteiger partial charge on any atom is -0.477 e. The van der Waals surface area contributed by atoms with E-state index in [-0.39, 0.29) is 12.8 Å². The van der Waals surface area contributed by atoms with Crippen LogP contribution in [0.4, 0.5) is 0 Å². The first kappa shape index (κ1) is 130. The lowest BCUT2D eigenvalue weighted by molar-refractivity contribution is -0.409. The van der Waals surface area contributed by atoms with Crippen molar-refractivity contribution in [1.29, 1.82) is 0 Å². The second-order valence-electron chi connectivity index (χ2n) is 40.6. The molecule has 7 rings (SSSR count). The summed E-state index contributed by atoms with van der Waals surface area (Å²) < 4.78 is 85.1. The molecule has 0 saturated carbocycles. The first-order valence-corrected chi connectivity index (χ1v) is 52.9. The molecule has 3 unspecified atom stereocenters. The number of amides is 4. The van der Waals surface area contributed by atoms with Gasteiger partial charge in [0.2, 0.25) is 23.6 Å². The summed E-state index contributed by atoms with van der Waals surface area (Å²) in [6.45, 7) is -1.96. The Labute approximate surface area is 866 Å². The molecular weight excluding hydrogens is 1990 g/mol. The van der Waals surface area contributed by atoms with Crippen molar-refractivity contribution in [3.05, 3.63) is 0 Å². The fourth-order valence-electron chi connectivity index (χ4n) is 20.4. The van der Waals surface area contributed by atoms with Crippen LogP contribution in [0.1, 0.15) is 273 Å². The zero-order valence-corrected chi connectivity index (χ0v) is 86.1. The Morgan fingerprint density at radius 2 is 0.698 bits per heavy atom. The molecule has 51 heteroatoms. The van der Waals surface area contributed by atoms with E-state index in [0.29, 0.717) is 12.8 Å². The van der Waals surface area contributed by atoms with E-state index in [9.17, 15) is 166 Å². The van der Waals surface area contributed by atoms with Crippen molar-refractivity contribution in [2.24, 2.45) is 5.92 Å². The van der Waals surface area contributed by atoms with Crippen LogP contribution >= 0.6 is 0 Å². The third kappa shape index (κ3) is 37.3. The summed E-state index contributed by atoms with van der Waals surface area (Å²) in [5, 5.41) is 297. The summed E-state index contributed by atoms with van der Waals surface area (Å²) in [6.07, 6.45) is -47.2. The maximum absolute atomic E-state index is 14.7. The van der Waals surface area contributed by atoms with E-state index >= 15 is 0 Å². The van der Waals surface area contributed by atoms with Crippen molar-refractivity contribution in [1.82, 2.24) is 21.3 Å². The van der Waals surface area contributed by atoms with Gasteiger partial charge in [0.15, 0.2) is 25.2 Å². The topological polar surface area (TPSA) is 820 Å². The molecule has 40 atom stereocenters. The highest BCUT2D eigenvalue weighted by atomic mass is 16.8. The number of Topliss-reactive ketones (excluding diaryl/α,β-unsaturated/α-hetero) is 1. The van der Waals surface area contributed by atoms with Crippen LogP contribution in [0.5, 0.6) is 0 Å². The monoisotopic (exact) mass is 2160 g/mol. The van der Waals surface area contributed by atoms with Crippen molar-refractivity contribution in [3.63, 3.8) is 0 Å². The Balaban J connectivity index is 1.24. The lowest BCUT2D eigenvalue weighted by Crippen LogP contribution is -2.72. The Morgan fingerprint density at radius 3 is 1.09 bits per heavy atom. The van der Waals surface area contributed by atoms with Crippen LogP contribution in [0.2, 0.25) is 0 Å². The van der Waals surface area contributed by atoms with Gasteiger partial charge in [0.25, 0.3) is 17.4 Å². The number of hydrogen-bond acceptors (Lipinski definition) is 44. The molecular formula is C98H172N4O47. The number of carboxylic acid groups (broad SMARTS) is 3. The molecule has 149 heavy (non-hydrogen) atoms. The smallest absolute Gasteiger partial charge is 0.364 e. The van der Waals surface area contributed by atoms with E-state index < -0.39 is 369 Å². The van der Waals surface area contributed by atoms with E-state index in [1.165, 1.54) is 103 Å². The second-order valence-corrected chi connectivity index (χ2v) is 40.6. The molecule has 7 fully saturated rings. The van der Waals surface area contributed by atoms with Crippen molar-refractivity contribution < 1.29 is 232 Å². The van der Waals surface area contributed by atoms with Crippen LogP contribution in [0, 0.1) is 5.92 Å². The first-order chi connectivity index (χ1) is 70.9. The van der Waals surface area contributed by atoms with Gasteiger partial charge in [-0.2, -0.15) is 0 Å². The van der Waals surface area contributed by atoms with Gasteiger partial charge in [-0.3, -0.25) is 19.2 Å². The average Bonchev–Trinajstić information content (AvgIpc) is 0.750. The maximum Gasteiger partial charge on any atom is 0.364 e. The number of aliphatic carboxylic acids is 3. The van der Waals surface area contributed by atoms with Crippen molar-refractivity contribution in [2.75, 3.05) is 52.9 Å². The van der Waals surface area contributed by atoms with Gasteiger partial charge in [0, 0.05) is 58.8 Å². The van der Waals surface area contributed by atoms with Crippen molar-refractivity contribution >= 4 is 47.3 Å². The van der Waals surface area contributed by atoms with Crippen LogP contribution < -0.4 is 21.3 Å². The number of ether oxygens (including phenoxy) is 14. The Morgan fingerprint density at radius 1 is 0.356 bits per heavy atom. The van der Waals surface area contributed by atoms with E-state index in [1.807, 2.05) is 0 Å². The standard InChI is InChI=1S/C98H172N4O47/c1-7-9-11-13-15-17-19-21-22-23-24-26-28-30-32-34-36-38-68(120)102-56(57(114)37-35-33-31-29-27-25-20-18-16-14-12-10-8-2)50-136-90-78(127)77(126)82(66(48-108)139-90)142-92-80(129)88(149-98(95(134)135)42-60(117)71(101-54(6)113)86(147-98)76(125)65(47-107)144-96(93(130)131)40-58(115)69(99-52(4)111)84(145-96)72(121)61(118)43-103)83(67(49-109)140-92)143-89-55(39-51(3)110)81(74(123)63(45-105)137-89)141-91-79(128)87(75(124)64(46-106)138-91)148-97(94(132)133)41-59(116)70(100-53(5)112)85(146-97)73(122)62(119)44-104/h55-67,69-92,103-109,114-119,121-129H,7-50H2,1-6H3,(H,99,111)(H,100,112)(H,101,113)(H,102,120)(H,130,131)(H,132,133)(H,134,135)/t55-,56+,57-,58+,59+,60+,61-,62-,63-,64-,65-,66-,67-,69-,70-,71-,72-,73-,74+,75+,76-,77-,78-,79-,80-,81-,82-,83+,84?,85?,86?,87+,88-,89+,90-,91+,92+,96-,97+,98+/m1/s1. The van der Waals surface area contributed by atoms with Crippen molar-refractivity contribution in [2.45, 2.75) is 510 Å². The predicted molar refractivity (Wildman–Crippen MR) is 512 cm³/mol. The molecule has 7 aliphatic heterocycles. The maximum atomic E-state index is 14.7. The van der Waals surface area contributed by atoms with Gasteiger partial charge in [0.05, 0.1) is 108 Å². The molecule has 0 bridgehead atoms. The third-order valence-electron chi connectivity index (χ3n) is 28.7. The fraction of sp³-hybridized carbons (Fsp3) is 0.918. The molecule has 51 nitrogen and oxygen atoms in total. The number of nitrogens with one attached hydrogen (secondary N) is 4. The third-order valence-corrected chi connectivity index (χ3v) is 28.7. The minimum atomic E-state index is -3.79. The van der Waals surface area contributed by atoms with Gasteiger partial charge in [0.1, 0.15) is 146 Å². The molecule has 0 aromatic carbocycles. The molecule has 0 aromatic rings. The Hall–Kier alpha value is -5.48. The number of carbonyl (C=O) groups excluding carboxylic acids is 5. The minimum absolute atomic E-state index is 0.0734. The zero-order chi connectivity index (χ0) is 110. The lowest BCUT2D eigenvalue weighted by Gasteiger charge is -2.53. The number of rotatable bonds is 70. The number of ketones is 1. The van der Waals surface area contributed by atoms with Gasteiger partial charge in [-0.15, -0.1) is 0 Å². The molecule has 7 aliphatic rings. The molecule has 7 heterocycles. The second kappa shape index (κ2) is 65.0. The molecule has 4 amide bonds. The van der Waals surface area contributed by atoms with E-state index in [4.69, 9.17) is 66.3 Å². The molecule has 0 aliphatic carbocycles. The van der Waals surface area contributed by atoms with Gasteiger partial charge >= 0.3 is 17.9 Å². The SMILES string of the molecule is CCCCCCCCCCCCCCCCCCCC(=O)N[C@@H](CO[C@@H]1O[C@H](CO)[C@@H](O[C@@H]2O[C@H](CO)[C@H](O[C@@H]3O[C@H](CO)[C@H](O)[C@H](O[C@@H]4O[C@H](CO)[C@H](O)[C@H](O[C@]5(C(=O)O)C[C@H](O)[C@@H](NC(C)=O)C([C@H](O)[C@H](O)CO)O5)[C@H]4O)[C@H]3CC(C)=O)[C@H](O[C@]3(C(=O)O)C[C@H](O)[C@@H](NC(C)=O)C([C@H](O)[C@@H](CO)O[C@]4(C(=O)O)C[C@H](O)[C@@H](NC(C)=O)C([C@H](O)[C@H](O)CO)O4)O3)[C@H]2O)[C@H](O)[C@H]1O)[C@H](O)CCCCCCCCCCCCCCC. The van der Waals surface area contributed by atoms with Gasteiger partial charge in [-0.25, -0.2) is 14.4 Å². The van der Waals surface area contributed by atoms with Crippen LogP contribution in [-0.4, -0.2) is 465 Å². The quantitative estimate of drug-likeness (QED) is 0.0255. The summed E-state index contributed by atoms with van der Waals surface area (Å²) in [5.74, 6) is -23.8. The van der Waals surface area contributed by atoms with E-state index in [0.717, 1.165) is 105 Å². The number of aliphatic hydroxyl groups excluding tert-OH is 22. The highest BCUT2D eigenvalue weighted by Gasteiger charge is 2.66. The Kier molecular flexibility index (Phi) is 56.9. The van der Waals surface area contributed by atoms with Crippen LogP contribution in [0.3, 0.4) is 0 Å². The van der Waals surface area contributed by atoms with Crippen LogP contribution in [0.25, 0.3) is 0 Å². The molecule has 29 N–H and O–H groups in total. The number of carbonyl (C=O) groups is 8.